The summed E-state index contributed by atoms with van der Waals surface area (Å²) in [6.07, 6.45) is 4.11. The Morgan fingerprint density at radius 3 is 3.06 bits per heavy atom. The van der Waals surface area contributed by atoms with Crippen LogP contribution in [0.3, 0.4) is 0 Å². The maximum absolute atomic E-state index is 12.4. The number of rotatable bonds is 3. The summed E-state index contributed by atoms with van der Waals surface area (Å²) in [6, 6.07) is 0.128. The van der Waals surface area contributed by atoms with Crippen molar-refractivity contribution in [1.29, 1.82) is 0 Å². The number of carboxylic acid groups (broad SMARTS) is 1. The average Bonchev–Trinajstić information content (AvgIpc) is 2.96. The molecule has 0 aromatic rings. The zero-order valence-corrected chi connectivity index (χ0v) is 10.5. The number of fused-ring (bicyclic) bond motifs is 1. The quantitative estimate of drug-likeness (QED) is 0.748. The third-order valence-corrected chi connectivity index (χ3v) is 4.54. The maximum Gasteiger partial charge on any atom is 0.310 e. The number of amides is 1. The fourth-order valence-electron chi connectivity index (χ4n) is 3.40. The number of ether oxygens (including phenoxy) is 1. The van der Waals surface area contributed by atoms with Gasteiger partial charge in [0.15, 0.2) is 0 Å². The molecule has 1 N–H and O–H groups in total. The molecule has 98 valence electrons. The lowest BCUT2D eigenvalue weighted by Gasteiger charge is -2.26. The molecule has 0 radical (unpaired) electrons. The fourth-order valence-corrected chi connectivity index (χ4v) is 3.40. The molecule has 3 heterocycles. The fraction of sp³-hybridized carbons (Fsp3) is 0.692. The molecule has 2 saturated heterocycles. The molecule has 0 aromatic heterocycles. The third kappa shape index (κ3) is 1.25. The highest BCUT2D eigenvalue weighted by atomic mass is 16.5. The van der Waals surface area contributed by atoms with Crippen LogP contribution in [0.25, 0.3) is 0 Å². The van der Waals surface area contributed by atoms with Gasteiger partial charge < -0.3 is 14.7 Å². The van der Waals surface area contributed by atoms with Gasteiger partial charge in [-0.2, -0.15) is 0 Å². The Balaban J connectivity index is 1.97. The zero-order chi connectivity index (χ0) is 13.1. The summed E-state index contributed by atoms with van der Waals surface area (Å²) in [6.45, 7) is 4.50. The summed E-state index contributed by atoms with van der Waals surface area (Å²) >= 11 is 0. The van der Waals surface area contributed by atoms with E-state index in [1.165, 1.54) is 0 Å². The van der Waals surface area contributed by atoms with E-state index in [0.717, 1.165) is 6.42 Å². The molecule has 2 fully saturated rings. The van der Waals surface area contributed by atoms with Gasteiger partial charge in [0.2, 0.25) is 5.91 Å². The molecule has 5 atom stereocenters. The molecule has 3 rings (SSSR count). The van der Waals surface area contributed by atoms with Crippen molar-refractivity contribution in [2.45, 2.75) is 38.0 Å². The molecule has 0 aliphatic carbocycles. The van der Waals surface area contributed by atoms with E-state index < -0.39 is 29.5 Å². The van der Waals surface area contributed by atoms with Crippen LogP contribution < -0.4 is 0 Å². The van der Waals surface area contributed by atoms with Crippen molar-refractivity contribution in [3.05, 3.63) is 12.2 Å². The number of likely N-dealkylation sites (tertiary alicyclic amines) is 1. The molecule has 1 amide bonds. The second-order valence-corrected chi connectivity index (χ2v) is 5.46. The first-order valence-corrected chi connectivity index (χ1v) is 6.40. The second-order valence-electron chi connectivity index (χ2n) is 5.46. The Bertz CT molecular complexity index is 446. The first-order valence-electron chi connectivity index (χ1n) is 6.40. The topological polar surface area (TPSA) is 66.8 Å². The lowest BCUT2D eigenvalue weighted by Crippen LogP contribution is -2.40. The normalized spacial score (nSPS) is 42.4. The van der Waals surface area contributed by atoms with E-state index in [2.05, 4.69) is 0 Å². The van der Waals surface area contributed by atoms with Gasteiger partial charge in [0, 0.05) is 6.04 Å². The van der Waals surface area contributed by atoms with E-state index in [4.69, 9.17) is 4.74 Å². The van der Waals surface area contributed by atoms with Crippen molar-refractivity contribution in [2.24, 2.45) is 11.8 Å². The molecular weight excluding hydrogens is 234 g/mol. The van der Waals surface area contributed by atoms with Gasteiger partial charge in [0.05, 0.1) is 18.6 Å². The van der Waals surface area contributed by atoms with E-state index in [1.54, 1.807) is 11.0 Å². The first kappa shape index (κ1) is 11.7. The molecule has 0 aromatic carbocycles. The van der Waals surface area contributed by atoms with Crippen molar-refractivity contribution in [2.75, 3.05) is 6.54 Å². The van der Waals surface area contributed by atoms with Gasteiger partial charge in [0.25, 0.3) is 0 Å². The predicted octanol–water partition coefficient (Wildman–Crippen LogP) is 0.651. The summed E-state index contributed by atoms with van der Waals surface area (Å²) in [5.41, 5.74) is -0.686. The summed E-state index contributed by atoms with van der Waals surface area (Å²) in [5.74, 6) is -2.27. The Kier molecular flexibility index (Phi) is 2.32. The Morgan fingerprint density at radius 2 is 2.44 bits per heavy atom. The molecule has 5 nitrogen and oxygen atoms in total. The molecule has 0 saturated carbocycles. The average molecular weight is 251 g/mol. The standard InChI is InChI=1S/C13H17NO4/c1-3-7(2)14-6-13-5-4-8(18-13)9(12(16)17)10(13)11(14)15/h4-5,7-10H,3,6H2,1-2H3,(H,16,17)/t7-,8+,9-,10+,13+/m0/s1. The van der Waals surface area contributed by atoms with Crippen LogP contribution in [-0.4, -0.2) is 46.2 Å². The summed E-state index contributed by atoms with van der Waals surface area (Å²) in [5, 5.41) is 9.29. The maximum atomic E-state index is 12.4. The van der Waals surface area contributed by atoms with Gasteiger partial charge in [-0.25, -0.2) is 0 Å². The van der Waals surface area contributed by atoms with Crippen LogP contribution in [0.1, 0.15) is 20.3 Å². The summed E-state index contributed by atoms with van der Waals surface area (Å²) < 4.78 is 5.80. The summed E-state index contributed by atoms with van der Waals surface area (Å²) in [4.78, 5) is 25.5. The van der Waals surface area contributed by atoms with Gasteiger partial charge >= 0.3 is 5.97 Å². The third-order valence-electron chi connectivity index (χ3n) is 4.54. The van der Waals surface area contributed by atoms with E-state index in [-0.39, 0.29) is 11.9 Å². The van der Waals surface area contributed by atoms with E-state index in [1.807, 2.05) is 19.9 Å². The van der Waals surface area contributed by atoms with E-state index >= 15 is 0 Å². The van der Waals surface area contributed by atoms with Crippen LogP contribution in [0.15, 0.2) is 12.2 Å². The van der Waals surface area contributed by atoms with Crippen molar-refractivity contribution in [3.63, 3.8) is 0 Å². The van der Waals surface area contributed by atoms with E-state index in [0.29, 0.717) is 6.54 Å². The minimum absolute atomic E-state index is 0.0661. The Hall–Kier alpha value is -1.36. The minimum atomic E-state index is -0.935. The SMILES string of the molecule is CC[C@H](C)N1C[C@@]23C=C[C@@H](O2)[C@H](C(=O)O)[C@@H]3C1=O. The van der Waals surface area contributed by atoms with Gasteiger partial charge in [-0.05, 0) is 13.3 Å². The largest absolute Gasteiger partial charge is 0.481 e. The van der Waals surface area contributed by atoms with Crippen molar-refractivity contribution < 1.29 is 19.4 Å². The number of aliphatic carboxylic acids is 1. The van der Waals surface area contributed by atoms with Gasteiger partial charge in [0.1, 0.15) is 11.5 Å². The molecular formula is C13H17NO4. The molecule has 1 spiro atoms. The monoisotopic (exact) mass is 251 g/mol. The molecule has 0 unspecified atom stereocenters. The van der Waals surface area contributed by atoms with E-state index in [9.17, 15) is 14.7 Å². The minimum Gasteiger partial charge on any atom is -0.481 e. The molecule has 5 heteroatoms. The number of hydrogen-bond acceptors (Lipinski definition) is 3. The Morgan fingerprint density at radius 1 is 1.72 bits per heavy atom. The van der Waals surface area contributed by atoms with Crippen molar-refractivity contribution >= 4 is 11.9 Å². The number of nitrogens with zero attached hydrogens (tertiary/aromatic N) is 1. The van der Waals surface area contributed by atoms with Crippen LogP contribution in [-0.2, 0) is 14.3 Å². The molecule has 2 bridgehead atoms. The molecule has 18 heavy (non-hydrogen) atoms. The number of carboxylic acids is 1. The molecule has 3 aliphatic heterocycles. The predicted molar refractivity (Wildman–Crippen MR) is 62.8 cm³/mol. The zero-order valence-electron chi connectivity index (χ0n) is 10.5. The highest BCUT2D eigenvalue weighted by Gasteiger charge is 2.67. The van der Waals surface area contributed by atoms with Crippen LogP contribution in [0.2, 0.25) is 0 Å². The lowest BCUT2D eigenvalue weighted by atomic mass is 9.77. The van der Waals surface area contributed by atoms with Crippen LogP contribution in [0.4, 0.5) is 0 Å². The first-order chi connectivity index (χ1) is 8.50. The second kappa shape index (κ2) is 3.57. The smallest absolute Gasteiger partial charge is 0.310 e. The van der Waals surface area contributed by atoms with Crippen LogP contribution in [0, 0.1) is 11.8 Å². The summed E-state index contributed by atoms with van der Waals surface area (Å²) in [7, 11) is 0. The van der Waals surface area contributed by atoms with Crippen molar-refractivity contribution in [3.8, 4) is 0 Å². The van der Waals surface area contributed by atoms with Gasteiger partial charge in [-0.1, -0.05) is 19.1 Å². The number of carbonyl (C=O) groups excluding carboxylic acids is 1. The highest BCUT2D eigenvalue weighted by molar-refractivity contribution is 5.90. The molecule has 3 aliphatic rings. The Labute approximate surface area is 105 Å². The number of hydrogen-bond donors (Lipinski definition) is 1. The lowest BCUT2D eigenvalue weighted by molar-refractivity contribution is -0.148. The van der Waals surface area contributed by atoms with Gasteiger partial charge in [-0.15, -0.1) is 0 Å². The van der Waals surface area contributed by atoms with Crippen LogP contribution in [0.5, 0.6) is 0 Å². The number of carbonyl (C=O) groups is 2. The van der Waals surface area contributed by atoms with Crippen LogP contribution >= 0.6 is 0 Å². The highest BCUT2D eigenvalue weighted by Crippen LogP contribution is 2.52. The van der Waals surface area contributed by atoms with Gasteiger partial charge in [-0.3, -0.25) is 9.59 Å². The van der Waals surface area contributed by atoms with Crippen molar-refractivity contribution in [1.82, 2.24) is 4.90 Å².